The van der Waals surface area contributed by atoms with Gasteiger partial charge in [-0.25, -0.2) is 0 Å². The molecule has 27 heavy (non-hydrogen) atoms. The predicted molar refractivity (Wildman–Crippen MR) is 104 cm³/mol. The summed E-state index contributed by atoms with van der Waals surface area (Å²) in [5.41, 5.74) is 0.961. The van der Waals surface area contributed by atoms with Crippen molar-refractivity contribution in [3.63, 3.8) is 0 Å². The Bertz CT molecular complexity index is 700. The summed E-state index contributed by atoms with van der Waals surface area (Å²) in [5.74, 6) is 2.12. The summed E-state index contributed by atoms with van der Waals surface area (Å²) in [4.78, 5) is 0. The minimum absolute atomic E-state index is 0.0177. The molecule has 0 aliphatic carbocycles. The smallest absolute Gasteiger partial charge is 0.180 e. The van der Waals surface area contributed by atoms with Gasteiger partial charge in [0.1, 0.15) is 5.75 Å². The van der Waals surface area contributed by atoms with Crippen molar-refractivity contribution < 1.29 is 14.6 Å². The fourth-order valence-corrected chi connectivity index (χ4v) is 2.94. The third-order valence-corrected chi connectivity index (χ3v) is 4.54. The molecule has 0 aliphatic rings. The summed E-state index contributed by atoms with van der Waals surface area (Å²) in [7, 11) is 0. The molecule has 2 aromatic rings. The van der Waals surface area contributed by atoms with Crippen LogP contribution in [0.1, 0.15) is 71.7 Å². The molecule has 0 aliphatic heterocycles. The first-order chi connectivity index (χ1) is 12.8. The largest absolute Gasteiger partial charge is 0.504 e. The Labute approximate surface area is 161 Å². The van der Waals surface area contributed by atoms with Crippen LogP contribution < -0.4 is 9.47 Å². The van der Waals surface area contributed by atoms with Gasteiger partial charge in [0.05, 0.1) is 12.7 Å². The van der Waals surface area contributed by atoms with Gasteiger partial charge in [-0.05, 0) is 44.7 Å². The molecule has 7 nitrogen and oxygen atoms in total. The number of nitrogens with zero attached hydrogens (tertiary/aromatic N) is 3. The molecular formula is C20H32N4O3. The number of aromatic hydroxyl groups is 1. The van der Waals surface area contributed by atoms with Crippen molar-refractivity contribution >= 4 is 0 Å². The molecule has 0 bridgehead atoms. The van der Waals surface area contributed by atoms with Crippen molar-refractivity contribution in [3.05, 3.63) is 23.5 Å². The van der Waals surface area contributed by atoms with E-state index in [1.54, 1.807) is 6.07 Å². The van der Waals surface area contributed by atoms with Gasteiger partial charge in [0.25, 0.3) is 0 Å². The fraction of sp³-hybridized carbons (Fsp3) is 0.650. The van der Waals surface area contributed by atoms with E-state index in [1.165, 1.54) is 0 Å². The molecule has 1 aromatic carbocycles. The molecule has 0 atom stereocenters. The highest BCUT2D eigenvalue weighted by atomic mass is 16.5. The zero-order valence-electron chi connectivity index (χ0n) is 17.1. The number of phenolic OH excluding ortho intramolecular Hbond substituents is 1. The van der Waals surface area contributed by atoms with Crippen LogP contribution in [-0.2, 0) is 11.8 Å². The Balaban J connectivity index is 1.79. The number of aryl methyl sites for hydroxylation is 1. The molecule has 7 heteroatoms. The van der Waals surface area contributed by atoms with Crippen molar-refractivity contribution in [3.8, 4) is 17.2 Å². The zero-order valence-corrected chi connectivity index (χ0v) is 17.1. The minimum atomic E-state index is -0.0821. The lowest BCUT2D eigenvalue weighted by molar-refractivity contribution is 0.230. The first-order valence-corrected chi connectivity index (χ1v) is 9.72. The van der Waals surface area contributed by atoms with Crippen molar-refractivity contribution in [2.24, 2.45) is 0 Å². The molecule has 0 saturated carbocycles. The molecule has 0 fully saturated rings. The number of nitrogens with one attached hydrogen (secondary N) is 1. The SMILES string of the molecule is CCc1cc(OC(C)C)c(O)cc1OCCCCCC(C)(C)c1nn[nH]n1. The van der Waals surface area contributed by atoms with Crippen LogP contribution in [0.25, 0.3) is 0 Å². The Morgan fingerprint density at radius 2 is 1.93 bits per heavy atom. The van der Waals surface area contributed by atoms with E-state index in [0.29, 0.717) is 12.4 Å². The molecule has 0 saturated heterocycles. The Kier molecular flexibility index (Phi) is 7.45. The number of tetrazole rings is 1. The van der Waals surface area contributed by atoms with Crippen molar-refractivity contribution in [1.82, 2.24) is 20.6 Å². The second kappa shape index (κ2) is 9.58. The lowest BCUT2D eigenvalue weighted by Gasteiger charge is -2.20. The van der Waals surface area contributed by atoms with Gasteiger partial charge in [-0.2, -0.15) is 5.21 Å². The maximum absolute atomic E-state index is 10.2. The normalized spacial score (nSPS) is 11.8. The minimum Gasteiger partial charge on any atom is -0.504 e. The standard InChI is InChI=1S/C20H32N4O3/c1-6-15-12-18(27-14(2)3)16(25)13-17(15)26-11-9-7-8-10-20(4,5)19-21-23-24-22-19/h12-14,25H,6-11H2,1-5H3,(H,21,22,23,24). The second-order valence-corrected chi connectivity index (χ2v) is 7.73. The number of benzene rings is 1. The van der Waals surface area contributed by atoms with Crippen LogP contribution in [0.15, 0.2) is 12.1 Å². The molecular weight excluding hydrogens is 344 g/mol. The highest BCUT2D eigenvalue weighted by Crippen LogP contribution is 2.35. The molecule has 2 N–H and O–H groups in total. The number of phenols is 1. The second-order valence-electron chi connectivity index (χ2n) is 7.73. The van der Waals surface area contributed by atoms with Crippen LogP contribution in [0.3, 0.4) is 0 Å². The van der Waals surface area contributed by atoms with E-state index in [1.807, 2.05) is 19.9 Å². The van der Waals surface area contributed by atoms with E-state index >= 15 is 0 Å². The van der Waals surface area contributed by atoms with Gasteiger partial charge in [0.15, 0.2) is 17.3 Å². The highest BCUT2D eigenvalue weighted by molar-refractivity contribution is 5.50. The molecule has 0 unspecified atom stereocenters. The average molecular weight is 377 g/mol. The molecule has 0 spiro atoms. The third kappa shape index (κ3) is 6.12. The Morgan fingerprint density at radius 1 is 1.15 bits per heavy atom. The number of rotatable bonds is 11. The Morgan fingerprint density at radius 3 is 2.56 bits per heavy atom. The van der Waals surface area contributed by atoms with Crippen molar-refractivity contribution in [2.45, 2.75) is 78.2 Å². The van der Waals surface area contributed by atoms with Gasteiger partial charge in [-0.3, -0.25) is 0 Å². The van der Waals surface area contributed by atoms with Crippen LogP contribution in [0.5, 0.6) is 17.2 Å². The quantitative estimate of drug-likeness (QED) is 0.572. The first-order valence-electron chi connectivity index (χ1n) is 9.72. The van der Waals surface area contributed by atoms with E-state index < -0.39 is 0 Å². The Hall–Kier alpha value is -2.31. The van der Waals surface area contributed by atoms with Crippen LogP contribution in [0.2, 0.25) is 0 Å². The zero-order chi connectivity index (χ0) is 19.9. The maximum atomic E-state index is 10.2. The topological polar surface area (TPSA) is 93.1 Å². The van der Waals surface area contributed by atoms with E-state index in [2.05, 4.69) is 41.4 Å². The fourth-order valence-electron chi connectivity index (χ4n) is 2.94. The number of H-pyrrole nitrogens is 1. The molecule has 1 aromatic heterocycles. The van der Waals surface area contributed by atoms with Gasteiger partial charge in [0.2, 0.25) is 0 Å². The van der Waals surface area contributed by atoms with Gasteiger partial charge >= 0.3 is 0 Å². The van der Waals surface area contributed by atoms with E-state index in [9.17, 15) is 5.11 Å². The van der Waals surface area contributed by atoms with Crippen molar-refractivity contribution in [2.75, 3.05) is 6.61 Å². The van der Waals surface area contributed by atoms with E-state index in [4.69, 9.17) is 9.47 Å². The monoisotopic (exact) mass is 376 g/mol. The summed E-state index contributed by atoms with van der Waals surface area (Å²) in [6.07, 6.45) is 4.92. The molecule has 0 amide bonds. The number of ether oxygens (including phenoxy) is 2. The van der Waals surface area contributed by atoms with Gasteiger partial charge in [-0.1, -0.05) is 38.8 Å². The average Bonchev–Trinajstić information content (AvgIpc) is 3.15. The molecule has 0 radical (unpaired) electrons. The van der Waals surface area contributed by atoms with Gasteiger partial charge in [-0.15, -0.1) is 10.2 Å². The van der Waals surface area contributed by atoms with Crippen LogP contribution in [0.4, 0.5) is 0 Å². The summed E-state index contributed by atoms with van der Waals surface area (Å²) in [5, 5.41) is 24.5. The van der Waals surface area contributed by atoms with Gasteiger partial charge in [0, 0.05) is 11.5 Å². The van der Waals surface area contributed by atoms with Crippen molar-refractivity contribution in [1.29, 1.82) is 0 Å². The maximum Gasteiger partial charge on any atom is 0.180 e. The molecule has 150 valence electrons. The number of aromatic nitrogens is 4. The lowest BCUT2D eigenvalue weighted by atomic mass is 9.86. The summed E-state index contributed by atoms with van der Waals surface area (Å²) in [6.45, 7) is 10.8. The van der Waals surface area contributed by atoms with Gasteiger partial charge < -0.3 is 14.6 Å². The number of hydrogen-bond donors (Lipinski definition) is 2. The van der Waals surface area contributed by atoms with E-state index in [-0.39, 0.29) is 17.3 Å². The van der Waals surface area contributed by atoms with E-state index in [0.717, 1.165) is 49.2 Å². The van der Waals surface area contributed by atoms with Crippen LogP contribution >= 0.6 is 0 Å². The third-order valence-electron chi connectivity index (χ3n) is 4.54. The summed E-state index contributed by atoms with van der Waals surface area (Å²) >= 11 is 0. The molecule has 1 heterocycles. The molecule has 2 rings (SSSR count). The number of hydrogen-bond acceptors (Lipinski definition) is 6. The summed E-state index contributed by atoms with van der Waals surface area (Å²) in [6, 6.07) is 3.54. The number of aromatic amines is 1. The number of unbranched alkanes of at least 4 members (excludes halogenated alkanes) is 2. The predicted octanol–water partition coefficient (Wildman–Crippen LogP) is 4.17. The van der Waals surface area contributed by atoms with Crippen LogP contribution in [-0.4, -0.2) is 38.4 Å². The van der Waals surface area contributed by atoms with Crippen LogP contribution in [0, 0.1) is 0 Å². The first kappa shape index (κ1) is 21.0. The summed E-state index contributed by atoms with van der Waals surface area (Å²) < 4.78 is 11.6. The highest BCUT2D eigenvalue weighted by Gasteiger charge is 2.24. The lowest BCUT2D eigenvalue weighted by Crippen LogP contribution is -2.19.